The van der Waals surface area contributed by atoms with Crippen molar-refractivity contribution in [3.63, 3.8) is 0 Å². The fraction of sp³-hybridized carbons (Fsp3) is 0.158. The Balaban J connectivity index is 2.06. The molecule has 0 spiro atoms. The third-order valence-corrected chi connectivity index (χ3v) is 4.46. The van der Waals surface area contributed by atoms with Gasteiger partial charge in [0, 0.05) is 0 Å². The number of halogens is 3. The third-order valence-electron chi connectivity index (χ3n) is 3.40. The summed E-state index contributed by atoms with van der Waals surface area (Å²) in [7, 11) is 1.59. The van der Waals surface area contributed by atoms with Crippen molar-refractivity contribution in [2.24, 2.45) is 4.99 Å². The first-order chi connectivity index (χ1) is 13.3. The van der Waals surface area contributed by atoms with E-state index in [9.17, 15) is 4.79 Å². The Morgan fingerprint density at radius 3 is 2.36 bits per heavy atom. The summed E-state index contributed by atoms with van der Waals surface area (Å²) in [4.78, 5) is 16.4. The molecule has 0 fully saturated rings. The number of anilines is 1. The Hall–Kier alpha value is -1.69. The average Bonchev–Trinajstić information content (AvgIpc) is 2.66. The van der Waals surface area contributed by atoms with E-state index >= 15 is 0 Å². The van der Waals surface area contributed by atoms with Crippen molar-refractivity contribution in [3.8, 4) is 5.75 Å². The molecule has 1 atom stereocenters. The molecule has 0 aliphatic rings. The molecule has 0 aliphatic heterocycles. The molecule has 0 aliphatic carbocycles. The Bertz CT molecular complexity index is 838. The maximum atomic E-state index is 12.2. The summed E-state index contributed by atoms with van der Waals surface area (Å²) >= 11 is 20.7. The van der Waals surface area contributed by atoms with Crippen molar-refractivity contribution >= 4 is 73.2 Å². The van der Waals surface area contributed by atoms with Crippen LogP contribution in [0.3, 0.4) is 0 Å². The summed E-state index contributed by atoms with van der Waals surface area (Å²) in [6.07, 6.45) is 1.90. The van der Waals surface area contributed by atoms with E-state index in [1.165, 1.54) is 6.08 Å². The van der Waals surface area contributed by atoms with Gasteiger partial charge in [0.2, 0.25) is 0 Å². The van der Waals surface area contributed by atoms with Crippen molar-refractivity contribution in [2.75, 3.05) is 12.4 Å². The van der Waals surface area contributed by atoms with Crippen LogP contribution in [0.5, 0.6) is 5.75 Å². The van der Waals surface area contributed by atoms with Crippen molar-refractivity contribution in [3.05, 3.63) is 66.2 Å². The molecular formula is C19H17Cl3N3O2Se. The number of aliphatic imine (C=N–C) groups is 1. The van der Waals surface area contributed by atoms with Gasteiger partial charge in [-0.25, -0.2) is 0 Å². The first kappa shape index (κ1) is 22.6. The SMILES string of the molecule is COc1ccc(NC([Se])=NC(NC(=O)/C=C/c2ccccc2)C(Cl)(Cl)Cl)cc1. The van der Waals surface area contributed by atoms with Crippen LogP contribution in [0.4, 0.5) is 5.69 Å². The Labute approximate surface area is 186 Å². The zero-order valence-corrected chi connectivity index (χ0v) is 18.7. The van der Waals surface area contributed by atoms with Crippen molar-refractivity contribution in [2.45, 2.75) is 9.96 Å². The van der Waals surface area contributed by atoms with Crippen LogP contribution in [0, 0.1) is 0 Å². The predicted molar refractivity (Wildman–Crippen MR) is 118 cm³/mol. The Morgan fingerprint density at radius 2 is 1.79 bits per heavy atom. The molecule has 2 rings (SSSR count). The second kappa shape index (κ2) is 10.7. The number of carbonyl (C=O) groups is 1. The topological polar surface area (TPSA) is 62.7 Å². The van der Waals surface area contributed by atoms with Gasteiger partial charge in [-0.15, -0.1) is 0 Å². The van der Waals surface area contributed by atoms with Gasteiger partial charge in [0.25, 0.3) is 0 Å². The predicted octanol–water partition coefficient (Wildman–Crippen LogP) is 4.16. The van der Waals surface area contributed by atoms with Gasteiger partial charge in [0.05, 0.1) is 0 Å². The van der Waals surface area contributed by atoms with Gasteiger partial charge in [-0.1, -0.05) is 0 Å². The van der Waals surface area contributed by atoms with Gasteiger partial charge < -0.3 is 0 Å². The zero-order valence-electron chi connectivity index (χ0n) is 14.7. The molecule has 0 bridgehead atoms. The van der Waals surface area contributed by atoms with E-state index in [0.717, 1.165) is 17.0 Å². The van der Waals surface area contributed by atoms with Gasteiger partial charge in [0.1, 0.15) is 0 Å². The molecule has 2 N–H and O–H groups in total. The van der Waals surface area contributed by atoms with Crippen molar-refractivity contribution in [1.82, 2.24) is 5.32 Å². The molecule has 9 heteroatoms. The number of carbonyl (C=O) groups excluding carboxylic acids is 1. The number of rotatable bonds is 6. The number of hydrogen-bond acceptors (Lipinski definition) is 3. The van der Waals surface area contributed by atoms with Crippen LogP contribution in [0.25, 0.3) is 6.08 Å². The number of amidine groups is 1. The fourth-order valence-corrected chi connectivity index (χ4v) is 2.83. The van der Waals surface area contributed by atoms with Crippen LogP contribution in [-0.4, -0.2) is 43.7 Å². The van der Waals surface area contributed by atoms with E-state index in [4.69, 9.17) is 39.5 Å². The van der Waals surface area contributed by atoms with E-state index in [1.54, 1.807) is 37.5 Å². The summed E-state index contributed by atoms with van der Waals surface area (Å²) in [5, 5.41) is 5.59. The number of alkyl halides is 3. The fourth-order valence-electron chi connectivity index (χ4n) is 2.05. The minimum atomic E-state index is -1.84. The molecule has 2 aromatic carbocycles. The van der Waals surface area contributed by atoms with Crippen LogP contribution >= 0.6 is 34.8 Å². The molecule has 1 radical (unpaired) electrons. The Kier molecular flexibility index (Phi) is 8.67. The maximum absolute atomic E-state index is 12.2. The van der Waals surface area contributed by atoms with Crippen LogP contribution in [0.1, 0.15) is 5.56 Å². The number of benzene rings is 2. The second-order valence-electron chi connectivity index (χ2n) is 5.48. The van der Waals surface area contributed by atoms with Gasteiger partial charge in [0.15, 0.2) is 0 Å². The molecule has 2 aromatic rings. The summed E-state index contributed by atoms with van der Waals surface area (Å²) in [5.74, 6) is 0.280. The van der Waals surface area contributed by atoms with E-state index < -0.39 is 15.9 Å². The normalized spacial score (nSPS) is 13.2. The van der Waals surface area contributed by atoms with E-state index in [-0.39, 0.29) is 0 Å². The van der Waals surface area contributed by atoms with Gasteiger partial charge in [-0.05, 0) is 0 Å². The van der Waals surface area contributed by atoms with Crippen LogP contribution in [-0.2, 0) is 4.79 Å². The average molecular weight is 505 g/mol. The molecule has 1 unspecified atom stereocenters. The summed E-state index contributed by atoms with van der Waals surface area (Å²) in [6, 6.07) is 16.6. The third kappa shape index (κ3) is 7.74. The molecule has 147 valence electrons. The van der Waals surface area contributed by atoms with Crippen molar-refractivity contribution in [1.29, 1.82) is 0 Å². The molecule has 1 amide bonds. The molecule has 0 saturated heterocycles. The van der Waals surface area contributed by atoms with Gasteiger partial charge in [-0.2, -0.15) is 0 Å². The first-order valence-corrected chi connectivity index (χ1v) is 10.0. The number of amides is 1. The number of methoxy groups -OCH3 is 1. The second-order valence-corrected chi connectivity index (χ2v) is 8.66. The van der Waals surface area contributed by atoms with Crippen molar-refractivity contribution < 1.29 is 9.53 Å². The first-order valence-electron chi connectivity index (χ1n) is 8.04. The monoisotopic (exact) mass is 504 g/mol. The minimum absolute atomic E-state index is 0.342. The Morgan fingerprint density at radius 1 is 1.14 bits per heavy atom. The van der Waals surface area contributed by atoms with E-state index in [0.29, 0.717) is 4.73 Å². The van der Waals surface area contributed by atoms with Gasteiger partial charge >= 0.3 is 187 Å². The molecular weight excluding hydrogens is 488 g/mol. The number of nitrogens with one attached hydrogen (secondary N) is 2. The van der Waals surface area contributed by atoms with Crippen LogP contribution in [0.2, 0.25) is 0 Å². The summed E-state index contributed by atoms with van der Waals surface area (Å²) in [5.41, 5.74) is 1.62. The number of ether oxygens (including phenoxy) is 1. The van der Waals surface area contributed by atoms with Crippen LogP contribution < -0.4 is 15.4 Å². The molecule has 5 nitrogen and oxygen atoms in total. The summed E-state index contributed by atoms with van der Waals surface area (Å²) < 4.78 is 3.61. The number of hydrogen-bond donors (Lipinski definition) is 2. The van der Waals surface area contributed by atoms with E-state index in [1.807, 2.05) is 30.3 Å². The molecule has 28 heavy (non-hydrogen) atoms. The molecule has 0 saturated carbocycles. The number of nitrogens with zero attached hydrogens (tertiary/aromatic N) is 1. The van der Waals surface area contributed by atoms with E-state index in [2.05, 4.69) is 31.6 Å². The van der Waals surface area contributed by atoms with Crippen LogP contribution in [0.15, 0.2) is 65.7 Å². The zero-order chi connectivity index (χ0) is 20.6. The standard InChI is InChI=1S/C19H17Cl3N3O2Se/c1-27-15-10-8-14(9-11-15)23-18(28)25-17(19(20,21)22)24-16(26)12-7-13-5-3-2-4-6-13/h2-12,17H,1H3,(H,23,25)(H,24,26)/b12-7+. The molecule has 0 heterocycles. The quantitative estimate of drug-likeness (QED) is 0.204. The summed E-state index contributed by atoms with van der Waals surface area (Å²) in [6.45, 7) is 0. The van der Waals surface area contributed by atoms with Gasteiger partial charge in [-0.3, -0.25) is 0 Å². The molecule has 0 aromatic heterocycles.